The van der Waals surface area contributed by atoms with Crippen LogP contribution in [0.1, 0.15) is 42.9 Å². The Hall–Kier alpha value is -3.45. The highest BCUT2D eigenvalue weighted by Crippen LogP contribution is 2.27. The maximum atomic E-state index is 13.3. The number of nitrogens with one attached hydrogen (secondary N) is 1. The summed E-state index contributed by atoms with van der Waals surface area (Å²) in [6.45, 7) is 3.26. The predicted octanol–water partition coefficient (Wildman–Crippen LogP) is 4.80. The number of carbonyl (C=O) groups excluding carboxylic acids is 1. The number of benzene rings is 3. The van der Waals surface area contributed by atoms with E-state index in [-0.39, 0.29) is 18.2 Å². The first-order valence-electron chi connectivity index (χ1n) is 11.8. The molecular weight excluding hydrogens is 458 g/mol. The first-order chi connectivity index (χ1) is 16.7. The van der Waals surface area contributed by atoms with Crippen molar-refractivity contribution in [1.29, 1.82) is 5.41 Å². The molecule has 0 bridgehead atoms. The van der Waals surface area contributed by atoms with E-state index >= 15 is 0 Å². The van der Waals surface area contributed by atoms with Crippen molar-refractivity contribution in [1.82, 2.24) is 4.90 Å². The summed E-state index contributed by atoms with van der Waals surface area (Å²) < 4.78 is 24.3. The number of hydrogen-bond acceptors (Lipinski definition) is 4. The van der Waals surface area contributed by atoms with Crippen LogP contribution in [-0.4, -0.2) is 37.9 Å². The molecule has 0 unspecified atom stereocenters. The second kappa shape index (κ2) is 11.8. The largest absolute Gasteiger partial charge is 0.384 e. The fourth-order valence-corrected chi connectivity index (χ4v) is 4.93. The second-order valence-electron chi connectivity index (χ2n) is 8.78. The zero-order chi connectivity index (χ0) is 25.4. The molecule has 1 amide bonds. The van der Waals surface area contributed by atoms with Crippen molar-refractivity contribution in [2.45, 2.75) is 44.0 Å². The van der Waals surface area contributed by atoms with Crippen LogP contribution in [0.2, 0.25) is 0 Å². The molecule has 0 aromatic heterocycles. The maximum Gasteiger partial charge on any atom is 0.227 e. The Bertz CT molecular complexity index is 1280. The fourth-order valence-electron chi connectivity index (χ4n) is 4.02. The SMILES string of the molecule is CCCCCN(Cc1cccc(C(=N)N)c1)C(=O)Cc1ccc(-c2ccccc2S(C)(=O)=O)cc1. The number of rotatable bonds is 11. The highest BCUT2D eigenvalue weighted by molar-refractivity contribution is 7.90. The Labute approximate surface area is 208 Å². The number of nitrogens with zero attached hydrogens (tertiary/aromatic N) is 1. The summed E-state index contributed by atoms with van der Waals surface area (Å²) >= 11 is 0. The van der Waals surface area contributed by atoms with E-state index in [2.05, 4.69) is 6.92 Å². The molecule has 0 aliphatic heterocycles. The summed E-state index contributed by atoms with van der Waals surface area (Å²) in [7, 11) is -3.35. The van der Waals surface area contributed by atoms with Crippen LogP contribution in [0.3, 0.4) is 0 Å². The Kier molecular flexibility index (Phi) is 8.82. The lowest BCUT2D eigenvalue weighted by molar-refractivity contribution is -0.131. The molecule has 0 fully saturated rings. The number of amidine groups is 1. The number of unbranched alkanes of at least 4 members (excludes halogenated alkanes) is 2. The van der Waals surface area contributed by atoms with Crippen molar-refractivity contribution < 1.29 is 13.2 Å². The zero-order valence-corrected chi connectivity index (χ0v) is 21.1. The van der Waals surface area contributed by atoms with E-state index in [0.29, 0.717) is 29.1 Å². The van der Waals surface area contributed by atoms with Crippen molar-refractivity contribution >= 4 is 21.6 Å². The van der Waals surface area contributed by atoms with Crippen LogP contribution in [0, 0.1) is 5.41 Å². The number of carbonyl (C=O) groups is 1. The van der Waals surface area contributed by atoms with Gasteiger partial charge in [0.1, 0.15) is 5.84 Å². The Morgan fingerprint density at radius 1 is 0.943 bits per heavy atom. The summed E-state index contributed by atoms with van der Waals surface area (Å²) in [5.41, 5.74) is 9.53. The molecular formula is C28H33N3O3S. The summed E-state index contributed by atoms with van der Waals surface area (Å²) in [5, 5.41) is 7.67. The first kappa shape index (κ1) is 26.2. The van der Waals surface area contributed by atoms with Gasteiger partial charge in [-0.25, -0.2) is 8.42 Å². The minimum Gasteiger partial charge on any atom is -0.384 e. The zero-order valence-electron chi connectivity index (χ0n) is 20.3. The van der Waals surface area contributed by atoms with Gasteiger partial charge in [-0.05, 0) is 35.2 Å². The van der Waals surface area contributed by atoms with Gasteiger partial charge in [0.25, 0.3) is 0 Å². The molecule has 0 radical (unpaired) electrons. The number of hydrogen-bond donors (Lipinski definition) is 2. The minimum absolute atomic E-state index is 0.00764. The van der Waals surface area contributed by atoms with Gasteiger partial charge in [0.05, 0.1) is 11.3 Å². The van der Waals surface area contributed by atoms with E-state index in [4.69, 9.17) is 11.1 Å². The van der Waals surface area contributed by atoms with Gasteiger partial charge in [0.15, 0.2) is 9.84 Å². The monoisotopic (exact) mass is 491 g/mol. The van der Waals surface area contributed by atoms with Crippen LogP contribution in [0.5, 0.6) is 0 Å². The van der Waals surface area contributed by atoms with Crippen molar-refractivity contribution in [3.63, 3.8) is 0 Å². The molecule has 3 aromatic rings. The standard InChI is InChI=1S/C28H33N3O3S/c1-3-4-7-17-31(20-22-9-8-10-24(18-22)28(29)30)27(32)19-21-13-15-23(16-14-21)25-11-5-6-12-26(25)35(2,33)34/h5-6,8-16,18H,3-4,7,17,19-20H2,1-2H3,(H3,29,30). The van der Waals surface area contributed by atoms with Gasteiger partial charge in [-0.3, -0.25) is 10.2 Å². The highest BCUT2D eigenvalue weighted by atomic mass is 32.2. The molecule has 3 N–H and O–H groups in total. The van der Waals surface area contributed by atoms with Gasteiger partial charge in [0.2, 0.25) is 5.91 Å². The normalized spacial score (nSPS) is 11.3. The smallest absolute Gasteiger partial charge is 0.227 e. The molecule has 0 aliphatic rings. The average molecular weight is 492 g/mol. The third kappa shape index (κ3) is 7.26. The molecule has 0 spiro atoms. The van der Waals surface area contributed by atoms with Gasteiger partial charge in [-0.1, -0.05) is 80.4 Å². The number of nitrogen functional groups attached to an aromatic ring is 1. The third-order valence-corrected chi connectivity index (χ3v) is 7.06. The van der Waals surface area contributed by atoms with E-state index in [1.165, 1.54) is 6.26 Å². The van der Waals surface area contributed by atoms with Gasteiger partial charge < -0.3 is 10.6 Å². The lowest BCUT2D eigenvalue weighted by Gasteiger charge is -2.23. The van der Waals surface area contributed by atoms with Crippen molar-refractivity contribution in [3.8, 4) is 11.1 Å². The minimum atomic E-state index is -3.35. The van der Waals surface area contributed by atoms with E-state index in [0.717, 1.165) is 36.0 Å². The Morgan fingerprint density at radius 3 is 2.31 bits per heavy atom. The Balaban J connectivity index is 1.77. The van der Waals surface area contributed by atoms with E-state index in [1.807, 2.05) is 53.4 Å². The number of nitrogens with two attached hydrogens (primary N) is 1. The maximum absolute atomic E-state index is 13.3. The van der Waals surface area contributed by atoms with Crippen LogP contribution in [-0.2, 0) is 27.6 Å². The van der Waals surface area contributed by atoms with Crippen LogP contribution >= 0.6 is 0 Å². The van der Waals surface area contributed by atoms with Crippen LogP contribution in [0.15, 0.2) is 77.7 Å². The second-order valence-corrected chi connectivity index (χ2v) is 10.8. The summed E-state index contributed by atoms with van der Waals surface area (Å²) in [6.07, 6.45) is 4.50. The van der Waals surface area contributed by atoms with Crippen LogP contribution in [0.25, 0.3) is 11.1 Å². The lowest BCUT2D eigenvalue weighted by Crippen LogP contribution is -2.33. The van der Waals surface area contributed by atoms with E-state index in [9.17, 15) is 13.2 Å². The summed E-state index contributed by atoms with van der Waals surface area (Å²) in [4.78, 5) is 15.4. The number of amides is 1. The Morgan fingerprint density at radius 2 is 1.66 bits per heavy atom. The predicted molar refractivity (Wildman–Crippen MR) is 141 cm³/mol. The van der Waals surface area contributed by atoms with Crippen LogP contribution < -0.4 is 5.73 Å². The quantitative estimate of drug-likeness (QED) is 0.228. The summed E-state index contributed by atoms with van der Waals surface area (Å²) in [5.74, 6) is 0.0341. The molecule has 3 aromatic carbocycles. The topological polar surface area (TPSA) is 104 Å². The molecule has 0 heterocycles. The first-order valence-corrected chi connectivity index (χ1v) is 13.7. The van der Waals surface area contributed by atoms with Crippen molar-refractivity contribution in [2.24, 2.45) is 5.73 Å². The summed E-state index contributed by atoms with van der Waals surface area (Å²) in [6, 6.07) is 21.9. The molecule has 3 rings (SSSR count). The average Bonchev–Trinajstić information content (AvgIpc) is 2.83. The van der Waals surface area contributed by atoms with Gasteiger partial charge in [0, 0.05) is 30.5 Å². The van der Waals surface area contributed by atoms with E-state index < -0.39 is 9.84 Å². The molecule has 0 aliphatic carbocycles. The lowest BCUT2D eigenvalue weighted by atomic mass is 10.0. The molecule has 35 heavy (non-hydrogen) atoms. The number of sulfone groups is 1. The molecule has 7 heteroatoms. The van der Waals surface area contributed by atoms with E-state index in [1.54, 1.807) is 24.3 Å². The van der Waals surface area contributed by atoms with Gasteiger partial charge >= 0.3 is 0 Å². The van der Waals surface area contributed by atoms with Crippen molar-refractivity contribution in [2.75, 3.05) is 12.8 Å². The molecule has 6 nitrogen and oxygen atoms in total. The highest BCUT2D eigenvalue weighted by Gasteiger charge is 2.17. The van der Waals surface area contributed by atoms with Gasteiger partial charge in [-0.15, -0.1) is 0 Å². The molecule has 184 valence electrons. The molecule has 0 atom stereocenters. The third-order valence-electron chi connectivity index (χ3n) is 5.90. The molecule has 0 saturated heterocycles. The van der Waals surface area contributed by atoms with Crippen LogP contribution in [0.4, 0.5) is 0 Å². The fraction of sp³-hybridized carbons (Fsp3) is 0.286. The van der Waals surface area contributed by atoms with Crippen molar-refractivity contribution in [3.05, 3.63) is 89.5 Å². The van der Waals surface area contributed by atoms with Gasteiger partial charge in [-0.2, -0.15) is 0 Å². The molecule has 0 saturated carbocycles.